The number of amides is 1. The highest BCUT2D eigenvalue weighted by atomic mass is 19.1. The van der Waals surface area contributed by atoms with Crippen LogP contribution in [0.1, 0.15) is 29.1 Å². The molecule has 0 saturated carbocycles. The highest BCUT2D eigenvalue weighted by Gasteiger charge is 2.26. The van der Waals surface area contributed by atoms with E-state index in [0.29, 0.717) is 36.5 Å². The molecular weight excluding hydrogens is 409 g/mol. The molecule has 0 bridgehead atoms. The highest BCUT2D eigenvalue weighted by Crippen LogP contribution is 2.24. The van der Waals surface area contributed by atoms with Crippen LogP contribution in [0.3, 0.4) is 0 Å². The van der Waals surface area contributed by atoms with Crippen LogP contribution in [0.15, 0.2) is 71.5 Å². The van der Waals surface area contributed by atoms with Crippen LogP contribution >= 0.6 is 0 Å². The minimum Gasteiger partial charge on any atom is -0.339 e. The predicted octanol–water partition coefficient (Wildman–Crippen LogP) is 4.16. The standard InChI is InChI=1S/C24H22FN5O2/c25-21-10-2-1-9-20(21)23-27-22(32-28-23)14-17-6-4-12-29(16-17)24(31)18-7-3-8-19(15-18)30-13-5-11-26-30/h1-3,5,7-11,13,15,17H,4,6,12,14,16H2/t17-/m0/s1. The molecule has 1 saturated heterocycles. The van der Waals surface area contributed by atoms with E-state index in [9.17, 15) is 9.18 Å². The number of carbonyl (C=O) groups excluding carboxylic acids is 1. The van der Waals surface area contributed by atoms with Gasteiger partial charge in [0, 0.05) is 37.5 Å². The monoisotopic (exact) mass is 431 g/mol. The number of piperidine rings is 1. The Hall–Kier alpha value is -3.81. The van der Waals surface area contributed by atoms with E-state index in [1.54, 1.807) is 29.1 Å². The van der Waals surface area contributed by atoms with E-state index in [0.717, 1.165) is 18.5 Å². The average Bonchev–Trinajstić information content (AvgIpc) is 3.52. The van der Waals surface area contributed by atoms with Crippen molar-refractivity contribution in [2.75, 3.05) is 13.1 Å². The fraction of sp³-hybridized carbons (Fsp3) is 0.250. The first-order chi connectivity index (χ1) is 15.7. The molecule has 1 amide bonds. The molecule has 32 heavy (non-hydrogen) atoms. The summed E-state index contributed by atoms with van der Waals surface area (Å²) in [6.07, 6.45) is 5.98. The zero-order valence-corrected chi connectivity index (χ0v) is 17.4. The lowest BCUT2D eigenvalue weighted by molar-refractivity contribution is 0.0668. The maximum absolute atomic E-state index is 14.0. The zero-order chi connectivity index (χ0) is 21.9. The molecule has 4 aromatic rings. The first kappa shape index (κ1) is 20.1. The Balaban J connectivity index is 1.27. The van der Waals surface area contributed by atoms with Crippen LogP contribution in [-0.4, -0.2) is 43.8 Å². The minimum absolute atomic E-state index is 0.00119. The normalized spacial score (nSPS) is 16.3. The number of benzene rings is 2. The third-order valence-electron chi connectivity index (χ3n) is 5.71. The number of nitrogens with zero attached hydrogens (tertiary/aromatic N) is 5. The summed E-state index contributed by atoms with van der Waals surface area (Å²) >= 11 is 0. The van der Waals surface area contributed by atoms with E-state index in [1.807, 2.05) is 41.4 Å². The van der Waals surface area contributed by atoms with Gasteiger partial charge in [-0.1, -0.05) is 23.4 Å². The quantitative estimate of drug-likeness (QED) is 0.474. The maximum atomic E-state index is 14.0. The molecule has 3 heterocycles. The Morgan fingerprint density at radius 3 is 2.91 bits per heavy atom. The van der Waals surface area contributed by atoms with Gasteiger partial charge in [-0.05, 0) is 55.2 Å². The van der Waals surface area contributed by atoms with Crippen LogP contribution in [-0.2, 0) is 6.42 Å². The van der Waals surface area contributed by atoms with Gasteiger partial charge in [0.1, 0.15) is 5.82 Å². The summed E-state index contributed by atoms with van der Waals surface area (Å²) in [5, 5.41) is 8.17. The van der Waals surface area contributed by atoms with Gasteiger partial charge in [0.05, 0.1) is 11.3 Å². The second-order valence-corrected chi connectivity index (χ2v) is 7.96. The summed E-state index contributed by atoms with van der Waals surface area (Å²) in [6, 6.07) is 15.7. The van der Waals surface area contributed by atoms with Crippen LogP contribution in [0.4, 0.5) is 4.39 Å². The van der Waals surface area contributed by atoms with Crippen molar-refractivity contribution < 1.29 is 13.7 Å². The number of hydrogen-bond acceptors (Lipinski definition) is 5. The van der Waals surface area contributed by atoms with Crippen molar-refractivity contribution in [3.05, 3.63) is 84.3 Å². The molecule has 2 aromatic carbocycles. The summed E-state index contributed by atoms with van der Waals surface area (Å²) < 4.78 is 21.1. The van der Waals surface area contributed by atoms with E-state index < -0.39 is 0 Å². The van der Waals surface area contributed by atoms with Gasteiger partial charge in [-0.15, -0.1) is 0 Å². The number of halogens is 1. The average molecular weight is 431 g/mol. The number of rotatable bonds is 5. The Morgan fingerprint density at radius 1 is 1.16 bits per heavy atom. The lowest BCUT2D eigenvalue weighted by atomic mass is 9.94. The van der Waals surface area contributed by atoms with Crippen molar-refractivity contribution in [2.24, 2.45) is 5.92 Å². The predicted molar refractivity (Wildman–Crippen MR) is 116 cm³/mol. The number of likely N-dealkylation sites (tertiary alicyclic amines) is 1. The summed E-state index contributed by atoms with van der Waals surface area (Å²) in [7, 11) is 0. The molecule has 162 valence electrons. The van der Waals surface area contributed by atoms with Gasteiger partial charge in [0.2, 0.25) is 11.7 Å². The molecule has 5 rings (SSSR count). The lowest BCUT2D eigenvalue weighted by Gasteiger charge is -2.32. The molecule has 1 aliphatic rings. The minimum atomic E-state index is -0.383. The molecule has 1 aliphatic heterocycles. The van der Waals surface area contributed by atoms with Gasteiger partial charge in [-0.2, -0.15) is 10.1 Å². The van der Waals surface area contributed by atoms with Gasteiger partial charge in [0.25, 0.3) is 5.91 Å². The molecule has 0 unspecified atom stereocenters. The molecule has 0 radical (unpaired) electrons. The number of hydrogen-bond donors (Lipinski definition) is 0. The Morgan fingerprint density at radius 2 is 2.06 bits per heavy atom. The highest BCUT2D eigenvalue weighted by molar-refractivity contribution is 5.94. The molecule has 0 spiro atoms. The van der Waals surface area contributed by atoms with E-state index in [2.05, 4.69) is 15.2 Å². The van der Waals surface area contributed by atoms with Crippen molar-refractivity contribution in [3.63, 3.8) is 0 Å². The Bertz CT molecular complexity index is 1220. The molecular formula is C24H22FN5O2. The molecule has 1 fully saturated rings. The van der Waals surface area contributed by atoms with E-state index in [1.165, 1.54) is 6.07 Å². The smallest absolute Gasteiger partial charge is 0.253 e. The van der Waals surface area contributed by atoms with E-state index in [4.69, 9.17) is 4.52 Å². The van der Waals surface area contributed by atoms with E-state index in [-0.39, 0.29) is 23.5 Å². The molecule has 2 aromatic heterocycles. The second-order valence-electron chi connectivity index (χ2n) is 7.96. The molecule has 0 aliphatic carbocycles. The Kier molecular flexibility index (Phi) is 5.49. The molecule has 8 heteroatoms. The van der Waals surface area contributed by atoms with Gasteiger partial charge in [-0.3, -0.25) is 4.79 Å². The van der Waals surface area contributed by atoms with Crippen LogP contribution in [0.25, 0.3) is 17.1 Å². The summed E-state index contributed by atoms with van der Waals surface area (Å²) in [6.45, 7) is 1.33. The van der Waals surface area contributed by atoms with Gasteiger partial charge < -0.3 is 9.42 Å². The van der Waals surface area contributed by atoms with Crippen molar-refractivity contribution in [1.29, 1.82) is 0 Å². The van der Waals surface area contributed by atoms with Crippen molar-refractivity contribution >= 4 is 5.91 Å². The van der Waals surface area contributed by atoms with Crippen molar-refractivity contribution in [1.82, 2.24) is 24.8 Å². The van der Waals surface area contributed by atoms with Crippen LogP contribution in [0.2, 0.25) is 0 Å². The largest absolute Gasteiger partial charge is 0.339 e. The second kappa shape index (κ2) is 8.74. The Labute approximate surface area is 184 Å². The summed E-state index contributed by atoms with van der Waals surface area (Å²) in [4.78, 5) is 19.4. The topological polar surface area (TPSA) is 77.1 Å². The van der Waals surface area contributed by atoms with Crippen LogP contribution in [0.5, 0.6) is 0 Å². The van der Waals surface area contributed by atoms with Crippen LogP contribution < -0.4 is 0 Å². The van der Waals surface area contributed by atoms with Crippen LogP contribution in [0, 0.1) is 11.7 Å². The summed E-state index contributed by atoms with van der Waals surface area (Å²) in [5.74, 6) is 0.532. The maximum Gasteiger partial charge on any atom is 0.253 e. The van der Waals surface area contributed by atoms with Crippen molar-refractivity contribution in [3.8, 4) is 17.1 Å². The van der Waals surface area contributed by atoms with Gasteiger partial charge in [-0.25, -0.2) is 9.07 Å². The van der Waals surface area contributed by atoms with Gasteiger partial charge in [0.15, 0.2) is 0 Å². The van der Waals surface area contributed by atoms with Crippen molar-refractivity contribution in [2.45, 2.75) is 19.3 Å². The van der Waals surface area contributed by atoms with Gasteiger partial charge >= 0.3 is 0 Å². The first-order valence-corrected chi connectivity index (χ1v) is 10.6. The zero-order valence-electron chi connectivity index (χ0n) is 17.4. The number of carbonyl (C=O) groups is 1. The number of aromatic nitrogens is 4. The third-order valence-corrected chi connectivity index (χ3v) is 5.71. The fourth-order valence-electron chi connectivity index (χ4n) is 4.14. The lowest BCUT2D eigenvalue weighted by Crippen LogP contribution is -2.40. The third kappa shape index (κ3) is 4.16. The van der Waals surface area contributed by atoms with E-state index >= 15 is 0 Å². The fourth-order valence-corrected chi connectivity index (χ4v) is 4.14. The molecule has 1 atom stereocenters. The summed E-state index contributed by atoms with van der Waals surface area (Å²) in [5.41, 5.74) is 1.80. The first-order valence-electron chi connectivity index (χ1n) is 10.6. The molecule has 7 nitrogen and oxygen atoms in total. The SMILES string of the molecule is O=C(c1cccc(-n2cccn2)c1)N1CCC[C@@H](Cc2nc(-c3ccccc3F)no2)C1. The molecule has 0 N–H and O–H groups in total.